The van der Waals surface area contributed by atoms with Gasteiger partial charge in [-0.1, -0.05) is 12.1 Å². The Hall–Kier alpha value is -2.67. The SMILES string of the molecule is Cc1c(NC2CCC3(CCNCC3)CC2)nc(N)nc1-c1ccc2c(C)n(C)nc2c1. The maximum atomic E-state index is 6.13. The van der Waals surface area contributed by atoms with Crippen LogP contribution < -0.4 is 16.4 Å². The Morgan fingerprint density at radius 2 is 1.84 bits per heavy atom. The second-order valence-corrected chi connectivity index (χ2v) is 9.51. The van der Waals surface area contributed by atoms with E-state index >= 15 is 0 Å². The van der Waals surface area contributed by atoms with E-state index < -0.39 is 0 Å². The number of nitrogen functional groups attached to an aromatic ring is 1. The van der Waals surface area contributed by atoms with Gasteiger partial charge in [-0.05, 0) is 76.9 Å². The first kappa shape index (κ1) is 20.2. The maximum absolute atomic E-state index is 6.13. The highest BCUT2D eigenvalue weighted by Gasteiger charge is 2.36. The van der Waals surface area contributed by atoms with Crippen LogP contribution in [-0.4, -0.2) is 38.9 Å². The van der Waals surface area contributed by atoms with E-state index in [4.69, 9.17) is 5.73 Å². The molecule has 7 nitrogen and oxygen atoms in total. The number of nitrogens with two attached hydrogens (primary N) is 1. The lowest BCUT2D eigenvalue weighted by atomic mass is 9.67. The first-order valence-corrected chi connectivity index (χ1v) is 11.5. The third-order valence-electron chi connectivity index (χ3n) is 7.62. The topological polar surface area (TPSA) is 93.7 Å². The molecular weight excluding hydrogens is 386 g/mol. The average Bonchev–Trinajstić information content (AvgIpc) is 3.06. The van der Waals surface area contributed by atoms with Gasteiger partial charge in [0.1, 0.15) is 5.82 Å². The average molecular weight is 420 g/mol. The fourth-order valence-corrected chi connectivity index (χ4v) is 5.46. The highest BCUT2D eigenvalue weighted by atomic mass is 15.3. The van der Waals surface area contributed by atoms with Crippen molar-refractivity contribution in [3.63, 3.8) is 0 Å². The molecule has 0 bridgehead atoms. The zero-order chi connectivity index (χ0) is 21.6. The number of fused-ring (bicyclic) bond motifs is 1. The summed E-state index contributed by atoms with van der Waals surface area (Å²) < 4.78 is 1.92. The summed E-state index contributed by atoms with van der Waals surface area (Å²) in [6, 6.07) is 6.78. The lowest BCUT2D eigenvalue weighted by Gasteiger charge is -2.43. The standard InChI is InChI=1S/C24H33N7/c1-15-21(17-4-5-19-16(2)31(3)30-20(19)14-17)28-23(25)29-22(15)27-18-6-8-24(9-7-18)10-12-26-13-11-24/h4-5,14,18,26H,6-13H2,1-3H3,(H3,25,27,28,29). The zero-order valence-corrected chi connectivity index (χ0v) is 18.8. The number of aromatic nitrogens is 4. The fourth-order valence-electron chi connectivity index (χ4n) is 5.46. The molecule has 0 radical (unpaired) electrons. The van der Waals surface area contributed by atoms with Crippen LogP contribution >= 0.6 is 0 Å². The molecule has 0 atom stereocenters. The minimum absolute atomic E-state index is 0.311. The van der Waals surface area contributed by atoms with E-state index in [1.54, 1.807) is 0 Å². The molecule has 31 heavy (non-hydrogen) atoms. The van der Waals surface area contributed by atoms with Crippen molar-refractivity contribution in [2.24, 2.45) is 12.5 Å². The van der Waals surface area contributed by atoms with Gasteiger partial charge in [-0.3, -0.25) is 4.68 Å². The molecule has 3 heterocycles. The molecule has 1 aromatic carbocycles. The Morgan fingerprint density at radius 1 is 1.10 bits per heavy atom. The van der Waals surface area contributed by atoms with Gasteiger partial charge in [-0.25, -0.2) is 4.98 Å². The van der Waals surface area contributed by atoms with Gasteiger partial charge in [0.05, 0.1) is 11.2 Å². The van der Waals surface area contributed by atoms with Crippen molar-refractivity contribution in [1.29, 1.82) is 0 Å². The van der Waals surface area contributed by atoms with Crippen LogP contribution in [0.4, 0.5) is 11.8 Å². The number of rotatable bonds is 3. The van der Waals surface area contributed by atoms with Crippen molar-refractivity contribution in [2.45, 2.75) is 58.4 Å². The van der Waals surface area contributed by atoms with Gasteiger partial charge in [0.2, 0.25) is 5.95 Å². The highest BCUT2D eigenvalue weighted by molar-refractivity contribution is 5.86. The van der Waals surface area contributed by atoms with E-state index in [-0.39, 0.29) is 0 Å². The molecule has 1 aliphatic heterocycles. The second kappa shape index (κ2) is 7.79. The predicted molar refractivity (Wildman–Crippen MR) is 126 cm³/mol. The van der Waals surface area contributed by atoms with Crippen LogP contribution in [0.25, 0.3) is 22.2 Å². The maximum Gasteiger partial charge on any atom is 0.222 e. The zero-order valence-electron chi connectivity index (χ0n) is 18.8. The summed E-state index contributed by atoms with van der Waals surface area (Å²) in [5.41, 5.74) is 11.8. The van der Waals surface area contributed by atoms with Gasteiger partial charge >= 0.3 is 0 Å². The molecule has 1 aliphatic carbocycles. The highest BCUT2D eigenvalue weighted by Crippen LogP contribution is 2.44. The van der Waals surface area contributed by atoms with Gasteiger partial charge in [-0.2, -0.15) is 10.1 Å². The van der Waals surface area contributed by atoms with Gasteiger partial charge in [0, 0.05) is 35.3 Å². The van der Waals surface area contributed by atoms with Crippen LogP contribution in [0.2, 0.25) is 0 Å². The molecule has 1 saturated heterocycles. The van der Waals surface area contributed by atoms with Gasteiger partial charge in [0.25, 0.3) is 0 Å². The Morgan fingerprint density at radius 3 is 2.58 bits per heavy atom. The smallest absolute Gasteiger partial charge is 0.222 e. The summed E-state index contributed by atoms with van der Waals surface area (Å²) in [5, 5.41) is 13.0. The summed E-state index contributed by atoms with van der Waals surface area (Å²) in [5.74, 6) is 1.18. The largest absolute Gasteiger partial charge is 0.368 e. The molecule has 0 unspecified atom stereocenters. The third-order valence-corrected chi connectivity index (χ3v) is 7.62. The quantitative estimate of drug-likeness (QED) is 0.595. The molecule has 4 N–H and O–H groups in total. The van der Waals surface area contributed by atoms with Crippen LogP contribution in [0.1, 0.15) is 49.8 Å². The molecule has 0 amide bonds. The Labute approximate surface area is 183 Å². The Balaban J connectivity index is 1.39. The second-order valence-electron chi connectivity index (χ2n) is 9.51. The van der Waals surface area contributed by atoms with E-state index in [2.05, 4.69) is 57.7 Å². The van der Waals surface area contributed by atoms with E-state index in [0.29, 0.717) is 17.4 Å². The number of nitrogens with one attached hydrogen (secondary N) is 2. The minimum atomic E-state index is 0.311. The lowest BCUT2D eigenvalue weighted by Crippen LogP contribution is -2.41. The van der Waals surface area contributed by atoms with Crippen molar-refractivity contribution in [3.05, 3.63) is 29.5 Å². The third kappa shape index (κ3) is 3.76. The number of benzene rings is 1. The van der Waals surface area contributed by atoms with Crippen molar-refractivity contribution in [3.8, 4) is 11.3 Å². The Bertz CT molecular complexity index is 1100. The molecular formula is C24H33N7. The number of aryl methyl sites for hydroxylation is 2. The predicted octanol–water partition coefficient (Wildman–Crippen LogP) is 3.95. The molecule has 5 rings (SSSR count). The summed E-state index contributed by atoms with van der Waals surface area (Å²) in [6.07, 6.45) is 7.62. The number of hydrogen-bond acceptors (Lipinski definition) is 6. The van der Waals surface area contributed by atoms with Crippen LogP contribution in [0.3, 0.4) is 0 Å². The summed E-state index contributed by atoms with van der Waals surface area (Å²) in [6.45, 7) is 6.51. The van der Waals surface area contributed by atoms with Gasteiger partial charge < -0.3 is 16.4 Å². The fraction of sp³-hybridized carbons (Fsp3) is 0.542. The normalized spacial score (nSPS) is 19.2. The van der Waals surface area contributed by atoms with Gasteiger partial charge in [0.15, 0.2) is 0 Å². The number of piperidine rings is 1. The summed E-state index contributed by atoms with van der Waals surface area (Å²) >= 11 is 0. The van der Waals surface area contributed by atoms with E-state index in [9.17, 15) is 0 Å². The molecule has 164 valence electrons. The molecule has 1 spiro atoms. The van der Waals surface area contributed by atoms with E-state index in [0.717, 1.165) is 33.8 Å². The van der Waals surface area contributed by atoms with E-state index in [1.807, 2.05) is 11.7 Å². The van der Waals surface area contributed by atoms with E-state index in [1.165, 1.54) is 57.0 Å². The molecule has 2 fully saturated rings. The lowest BCUT2D eigenvalue weighted by molar-refractivity contribution is 0.128. The number of nitrogens with zero attached hydrogens (tertiary/aromatic N) is 4. The minimum Gasteiger partial charge on any atom is -0.368 e. The van der Waals surface area contributed by atoms with Crippen molar-refractivity contribution < 1.29 is 0 Å². The van der Waals surface area contributed by atoms with Crippen molar-refractivity contribution in [1.82, 2.24) is 25.1 Å². The number of hydrogen-bond donors (Lipinski definition) is 3. The van der Waals surface area contributed by atoms with Crippen LogP contribution in [0, 0.1) is 19.3 Å². The van der Waals surface area contributed by atoms with Crippen LogP contribution in [0.5, 0.6) is 0 Å². The number of anilines is 2. The molecule has 3 aromatic rings. The summed E-state index contributed by atoms with van der Waals surface area (Å²) in [7, 11) is 1.98. The molecule has 7 heteroatoms. The Kier molecular flexibility index (Phi) is 5.08. The molecule has 2 aliphatic rings. The first-order chi connectivity index (χ1) is 14.9. The monoisotopic (exact) mass is 419 g/mol. The van der Waals surface area contributed by atoms with Crippen molar-refractivity contribution >= 4 is 22.7 Å². The van der Waals surface area contributed by atoms with Crippen LogP contribution in [-0.2, 0) is 7.05 Å². The first-order valence-electron chi connectivity index (χ1n) is 11.5. The molecule has 1 saturated carbocycles. The molecule has 2 aromatic heterocycles. The van der Waals surface area contributed by atoms with Gasteiger partial charge in [-0.15, -0.1) is 0 Å². The summed E-state index contributed by atoms with van der Waals surface area (Å²) in [4.78, 5) is 9.15. The van der Waals surface area contributed by atoms with Crippen LogP contribution in [0.15, 0.2) is 18.2 Å². The van der Waals surface area contributed by atoms with Crippen molar-refractivity contribution in [2.75, 3.05) is 24.1 Å².